The van der Waals surface area contributed by atoms with Crippen molar-refractivity contribution in [3.8, 4) is 0 Å². The molecule has 0 radical (unpaired) electrons. The maximum atomic E-state index is 13.7. The second-order valence-electron chi connectivity index (χ2n) is 6.00. The van der Waals surface area contributed by atoms with Gasteiger partial charge in [-0.15, -0.1) is 0 Å². The van der Waals surface area contributed by atoms with Crippen molar-refractivity contribution in [2.75, 3.05) is 13.1 Å². The van der Waals surface area contributed by atoms with E-state index in [-0.39, 0.29) is 0 Å². The molecule has 1 aliphatic carbocycles. The Morgan fingerprint density at radius 3 is 2.60 bits per heavy atom. The van der Waals surface area contributed by atoms with Crippen molar-refractivity contribution in [1.29, 1.82) is 0 Å². The van der Waals surface area contributed by atoms with Crippen LogP contribution >= 0.6 is 0 Å². The van der Waals surface area contributed by atoms with Crippen LogP contribution in [0.5, 0.6) is 0 Å². The average molecular weight is 213 g/mol. The summed E-state index contributed by atoms with van der Waals surface area (Å²) in [6, 6.07) is 0. The Morgan fingerprint density at radius 1 is 1.33 bits per heavy atom. The molecule has 0 spiro atoms. The maximum absolute atomic E-state index is 13.7. The summed E-state index contributed by atoms with van der Waals surface area (Å²) in [6.07, 6.45) is 6.33. The van der Waals surface area contributed by atoms with Gasteiger partial charge in [0.2, 0.25) is 0 Å². The Kier molecular flexibility index (Phi) is 3.34. The fourth-order valence-corrected chi connectivity index (χ4v) is 3.03. The number of rotatable bonds is 4. The lowest BCUT2D eigenvalue weighted by Gasteiger charge is -2.34. The summed E-state index contributed by atoms with van der Waals surface area (Å²) >= 11 is 0. The summed E-state index contributed by atoms with van der Waals surface area (Å²) in [5, 5.41) is 0. The lowest BCUT2D eigenvalue weighted by atomic mass is 9.93. The summed E-state index contributed by atoms with van der Waals surface area (Å²) in [5.41, 5.74) is 0.496. The van der Waals surface area contributed by atoms with Gasteiger partial charge in [0.05, 0.1) is 0 Å². The van der Waals surface area contributed by atoms with E-state index in [0.717, 1.165) is 31.8 Å². The fourth-order valence-electron chi connectivity index (χ4n) is 3.03. The monoisotopic (exact) mass is 213 g/mol. The van der Waals surface area contributed by atoms with Crippen molar-refractivity contribution in [3.05, 3.63) is 0 Å². The third-order valence-electron chi connectivity index (χ3n) is 3.87. The van der Waals surface area contributed by atoms with E-state index < -0.39 is 6.30 Å². The molecule has 88 valence electrons. The van der Waals surface area contributed by atoms with E-state index in [0.29, 0.717) is 5.41 Å². The van der Waals surface area contributed by atoms with Crippen LogP contribution in [0, 0.1) is 11.3 Å². The van der Waals surface area contributed by atoms with Gasteiger partial charge in [0.1, 0.15) is 0 Å². The molecule has 0 amide bonds. The lowest BCUT2D eigenvalue weighted by Crippen LogP contribution is -2.40. The molecule has 0 aromatic rings. The highest BCUT2D eigenvalue weighted by atomic mass is 19.1. The smallest absolute Gasteiger partial charge is 0.153 e. The third kappa shape index (κ3) is 2.93. The van der Waals surface area contributed by atoms with Crippen molar-refractivity contribution >= 4 is 0 Å². The number of nitrogens with zero attached hydrogens (tertiary/aromatic N) is 1. The molecule has 2 heteroatoms. The van der Waals surface area contributed by atoms with Crippen LogP contribution in [0.2, 0.25) is 0 Å². The van der Waals surface area contributed by atoms with E-state index in [4.69, 9.17) is 0 Å². The molecule has 15 heavy (non-hydrogen) atoms. The zero-order chi connectivity index (χ0) is 10.9. The highest BCUT2D eigenvalue weighted by Gasteiger charge is 2.45. The molecule has 1 saturated carbocycles. The van der Waals surface area contributed by atoms with Gasteiger partial charge in [0.15, 0.2) is 6.30 Å². The second kappa shape index (κ2) is 4.40. The largest absolute Gasteiger partial charge is 0.273 e. The Balaban J connectivity index is 1.84. The van der Waals surface area contributed by atoms with Crippen LogP contribution in [-0.4, -0.2) is 24.3 Å². The van der Waals surface area contributed by atoms with Gasteiger partial charge in [-0.25, -0.2) is 4.39 Å². The average Bonchev–Trinajstić information content (AvgIpc) is 2.88. The Hall–Kier alpha value is -0.110. The summed E-state index contributed by atoms with van der Waals surface area (Å²) in [4.78, 5) is 2.10. The minimum Gasteiger partial charge on any atom is -0.273 e. The summed E-state index contributed by atoms with van der Waals surface area (Å²) < 4.78 is 13.7. The van der Waals surface area contributed by atoms with E-state index >= 15 is 0 Å². The molecule has 1 saturated heterocycles. The summed E-state index contributed by atoms with van der Waals surface area (Å²) in [6.45, 7) is 6.57. The SMILES string of the molecule is CC(C)CC1(CN2CCCC[C@H]2F)CC1. The first-order valence-electron chi connectivity index (χ1n) is 6.49. The van der Waals surface area contributed by atoms with Gasteiger partial charge in [-0.05, 0) is 49.9 Å². The van der Waals surface area contributed by atoms with Crippen LogP contribution < -0.4 is 0 Å². The number of alkyl halides is 1. The van der Waals surface area contributed by atoms with Crippen LogP contribution in [-0.2, 0) is 0 Å². The minimum atomic E-state index is -0.650. The van der Waals surface area contributed by atoms with Crippen LogP contribution in [0.25, 0.3) is 0 Å². The van der Waals surface area contributed by atoms with Crippen molar-refractivity contribution in [2.24, 2.45) is 11.3 Å². The number of likely N-dealkylation sites (tertiary alicyclic amines) is 1. The first-order chi connectivity index (χ1) is 7.11. The lowest BCUT2D eigenvalue weighted by molar-refractivity contribution is 0.0263. The molecule has 2 fully saturated rings. The molecule has 1 heterocycles. The van der Waals surface area contributed by atoms with Crippen LogP contribution in [0.4, 0.5) is 4.39 Å². The second-order valence-corrected chi connectivity index (χ2v) is 6.00. The van der Waals surface area contributed by atoms with Crippen molar-refractivity contribution in [3.63, 3.8) is 0 Å². The molecule has 2 rings (SSSR count). The normalized spacial score (nSPS) is 30.8. The van der Waals surface area contributed by atoms with Crippen molar-refractivity contribution in [2.45, 2.75) is 58.7 Å². The minimum absolute atomic E-state index is 0.496. The van der Waals surface area contributed by atoms with Crippen molar-refractivity contribution in [1.82, 2.24) is 4.90 Å². The van der Waals surface area contributed by atoms with E-state index in [1.165, 1.54) is 25.7 Å². The summed E-state index contributed by atoms with van der Waals surface area (Å²) in [7, 11) is 0. The van der Waals surface area contributed by atoms with Crippen LogP contribution in [0.1, 0.15) is 52.4 Å². The molecule has 0 unspecified atom stereocenters. The Bertz CT molecular complexity index is 211. The van der Waals surface area contributed by atoms with Gasteiger partial charge < -0.3 is 0 Å². The molecular weight excluding hydrogens is 189 g/mol. The zero-order valence-electron chi connectivity index (χ0n) is 10.1. The molecule has 0 N–H and O–H groups in total. The number of piperidine rings is 1. The quantitative estimate of drug-likeness (QED) is 0.645. The number of halogens is 1. The van der Waals surface area contributed by atoms with Gasteiger partial charge in [-0.3, -0.25) is 4.90 Å². The molecular formula is C13H24FN. The first-order valence-corrected chi connectivity index (χ1v) is 6.49. The zero-order valence-corrected chi connectivity index (χ0v) is 10.1. The number of hydrogen-bond donors (Lipinski definition) is 0. The van der Waals surface area contributed by atoms with Gasteiger partial charge in [-0.2, -0.15) is 0 Å². The maximum Gasteiger partial charge on any atom is 0.153 e. The highest BCUT2D eigenvalue weighted by Crippen LogP contribution is 2.51. The highest BCUT2D eigenvalue weighted by molar-refractivity contribution is 4.96. The summed E-state index contributed by atoms with van der Waals surface area (Å²) in [5.74, 6) is 0.760. The molecule has 1 aliphatic heterocycles. The predicted octanol–water partition coefficient (Wildman–Crippen LogP) is 3.59. The van der Waals surface area contributed by atoms with Gasteiger partial charge in [0.25, 0.3) is 0 Å². The van der Waals surface area contributed by atoms with Crippen molar-refractivity contribution < 1.29 is 4.39 Å². The molecule has 1 nitrogen and oxygen atoms in total. The molecule has 2 aliphatic rings. The standard InChI is InChI=1S/C13H24FN/c1-11(2)9-13(6-7-13)10-15-8-4-3-5-12(15)14/h11-12H,3-10H2,1-2H3/t12-/m0/s1. The molecule has 0 aromatic heterocycles. The Morgan fingerprint density at radius 2 is 2.07 bits per heavy atom. The van der Waals surface area contributed by atoms with Gasteiger partial charge in [0, 0.05) is 13.1 Å². The molecule has 0 bridgehead atoms. The first kappa shape index (κ1) is 11.4. The van der Waals surface area contributed by atoms with Crippen LogP contribution in [0.15, 0.2) is 0 Å². The van der Waals surface area contributed by atoms with Gasteiger partial charge in [-0.1, -0.05) is 13.8 Å². The van der Waals surface area contributed by atoms with E-state index in [1.54, 1.807) is 0 Å². The fraction of sp³-hybridized carbons (Fsp3) is 1.00. The van der Waals surface area contributed by atoms with Gasteiger partial charge >= 0.3 is 0 Å². The number of hydrogen-bond acceptors (Lipinski definition) is 1. The predicted molar refractivity (Wildman–Crippen MR) is 61.4 cm³/mol. The van der Waals surface area contributed by atoms with E-state index in [2.05, 4.69) is 18.7 Å². The Labute approximate surface area is 93.0 Å². The van der Waals surface area contributed by atoms with E-state index in [9.17, 15) is 4.39 Å². The van der Waals surface area contributed by atoms with Crippen LogP contribution in [0.3, 0.4) is 0 Å². The third-order valence-corrected chi connectivity index (χ3v) is 3.87. The topological polar surface area (TPSA) is 3.24 Å². The van der Waals surface area contributed by atoms with E-state index in [1.807, 2.05) is 0 Å². The molecule has 1 atom stereocenters. The molecule has 0 aromatic carbocycles.